The van der Waals surface area contributed by atoms with Crippen LogP contribution in [0.25, 0.3) is 0 Å². The van der Waals surface area contributed by atoms with E-state index in [1.165, 1.54) is 11.3 Å². The number of rotatable bonds is 6. The number of aliphatic hydroxyl groups excluding tert-OH is 1. The van der Waals surface area contributed by atoms with E-state index in [0.29, 0.717) is 40.2 Å². The van der Waals surface area contributed by atoms with Crippen molar-refractivity contribution in [2.45, 2.75) is 43.9 Å². The number of carboxylic acid groups (broad SMARTS) is 1. The van der Waals surface area contributed by atoms with E-state index < -0.39 is 17.4 Å². The fraction of sp³-hybridized carbons (Fsp3) is 0.440. The molecule has 4 atom stereocenters. The molecule has 10 heteroatoms. The summed E-state index contributed by atoms with van der Waals surface area (Å²) in [5.74, 6) is 0.321. The Morgan fingerprint density at radius 3 is 2.89 bits per heavy atom. The number of nitrogens with one attached hydrogen (secondary N) is 1. The molecule has 1 spiro atoms. The summed E-state index contributed by atoms with van der Waals surface area (Å²) >= 11 is 5.05. The quantitative estimate of drug-likeness (QED) is 0.494. The summed E-state index contributed by atoms with van der Waals surface area (Å²) in [6.45, 7) is 2.12. The van der Waals surface area contributed by atoms with Gasteiger partial charge in [-0.2, -0.15) is 0 Å². The van der Waals surface area contributed by atoms with E-state index in [2.05, 4.69) is 28.2 Å². The molecule has 1 aromatic heterocycles. The minimum atomic E-state index is -0.929. The topological polar surface area (TPSA) is 108 Å². The van der Waals surface area contributed by atoms with E-state index in [9.17, 15) is 14.7 Å². The number of aliphatic carboxylic acids is 1. The van der Waals surface area contributed by atoms with Crippen LogP contribution >= 0.6 is 27.3 Å². The number of allylic oxidation sites excluding steroid dienone is 1. The minimum absolute atomic E-state index is 0.0555. The van der Waals surface area contributed by atoms with Gasteiger partial charge >= 0.3 is 5.97 Å². The first-order valence-electron chi connectivity index (χ1n) is 11.5. The average Bonchev–Trinajstić information content (AvgIpc) is 3.45. The second-order valence-electron chi connectivity index (χ2n) is 9.33. The molecule has 1 amide bonds. The van der Waals surface area contributed by atoms with Crippen LogP contribution in [0.4, 0.5) is 0 Å². The van der Waals surface area contributed by atoms with E-state index in [1.54, 1.807) is 18.1 Å². The summed E-state index contributed by atoms with van der Waals surface area (Å²) < 4.78 is 12.9. The highest BCUT2D eigenvalue weighted by Crippen LogP contribution is 2.60. The summed E-state index contributed by atoms with van der Waals surface area (Å²) in [4.78, 5) is 27.1. The molecule has 0 saturated carbocycles. The maximum Gasteiger partial charge on any atom is 0.322 e. The van der Waals surface area contributed by atoms with Crippen LogP contribution in [0.3, 0.4) is 0 Å². The van der Waals surface area contributed by atoms with Crippen molar-refractivity contribution in [1.82, 2.24) is 10.2 Å². The van der Waals surface area contributed by atoms with Gasteiger partial charge in [0, 0.05) is 23.2 Å². The van der Waals surface area contributed by atoms with Gasteiger partial charge in [0.25, 0.3) is 5.91 Å². The zero-order chi connectivity index (χ0) is 24.9. The molecule has 186 valence electrons. The molecular formula is C25H27BrN2O6S. The Morgan fingerprint density at radius 1 is 1.43 bits per heavy atom. The number of hydrogen-bond donors (Lipinski definition) is 3. The number of halogens is 1. The maximum atomic E-state index is 13.5. The van der Waals surface area contributed by atoms with E-state index in [-0.39, 0.29) is 31.1 Å². The van der Waals surface area contributed by atoms with Gasteiger partial charge in [0.1, 0.15) is 28.6 Å². The van der Waals surface area contributed by atoms with Crippen molar-refractivity contribution in [1.29, 1.82) is 0 Å². The normalized spacial score (nSPS) is 26.7. The van der Waals surface area contributed by atoms with Gasteiger partial charge < -0.3 is 29.9 Å². The van der Waals surface area contributed by atoms with Gasteiger partial charge in [-0.05, 0) is 63.8 Å². The van der Waals surface area contributed by atoms with Gasteiger partial charge in [-0.3, -0.25) is 9.59 Å². The van der Waals surface area contributed by atoms with Gasteiger partial charge in [0.15, 0.2) is 0 Å². The number of methoxy groups -OCH3 is 1. The van der Waals surface area contributed by atoms with Crippen molar-refractivity contribution >= 4 is 39.1 Å². The third kappa shape index (κ3) is 3.82. The number of nitrogens with zero attached hydrogens (tertiary/aromatic N) is 1. The zero-order valence-electron chi connectivity index (χ0n) is 19.4. The number of ether oxygens (including phenoxy) is 2. The fourth-order valence-corrected chi connectivity index (χ4v) is 7.14. The number of thiophene rings is 1. The van der Waals surface area contributed by atoms with Crippen molar-refractivity contribution in [2.24, 2.45) is 5.92 Å². The zero-order valence-corrected chi connectivity index (χ0v) is 21.8. The van der Waals surface area contributed by atoms with Crippen LogP contribution in [0.2, 0.25) is 0 Å². The molecule has 0 bridgehead atoms. The number of amides is 1. The molecule has 5 rings (SSSR count). The highest BCUT2D eigenvalue weighted by atomic mass is 79.9. The smallest absolute Gasteiger partial charge is 0.322 e. The Kier molecular flexibility index (Phi) is 6.31. The number of benzene rings is 1. The summed E-state index contributed by atoms with van der Waals surface area (Å²) in [6, 6.07) is 5.20. The molecule has 35 heavy (non-hydrogen) atoms. The molecule has 3 aliphatic rings. The van der Waals surface area contributed by atoms with E-state index in [4.69, 9.17) is 14.6 Å². The van der Waals surface area contributed by atoms with Crippen LogP contribution in [0.1, 0.15) is 40.6 Å². The predicted molar refractivity (Wildman–Crippen MR) is 134 cm³/mol. The maximum absolute atomic E-state index is 13.5. The van der Waals surface area contributed by atoms with Gasteiger partial charge in [-0.1, -0.05) is 13.0 Å². The number of carboxylic acids is 1. The second-order valence-corrected chi connectivity index (χ2v) is 11.1. The lowest BCUT2D eigenvalue weighted by molar-refractivity contribution is -0.135. The molecule has 1 aromatic carbocycles. The minimum Gasteiger partial charge on any atom is -0.495 e. The first-order valence-corrected chi connectivity index (χ1v) is 13.2. The Bertz CT molecular complexity index is 1200. The van der Waals surface area contributed by atoms with Crippen LogP contribution in [0.5, 0.6) is 11.5 Å². The molecule has 0 fully saturated rings. The first kappa shape index (κ1) is 24.1. The molecule has 0 saturated heterocycles. The third-order valence-electron chi connectivity index (χ3n) is 7.49. The summed E-state index contributed by atoms with van der Waals surface area (Å²) in [5.41, 5.74) is 2.30. The molecule has 2 aliphatic heterocycles. The third-order valence-corrected chi connectivity index (χ3v) is 9.10. The average molecular weight is 563 g/mol. The largest absolute Gasteiger partial charge is 0.495 e. The van der Waals surface area contributed by atoms with Crippen molar-refractivity contribution in [3.05, 3.63) is 55.8 Å². The molecular weight excluding hydrogens is 536 g/mol. The number of hydrogen-bond acceptors (Lipinski definition) is 7. The molecule has 8 nitrogen and oxygen atoms in total. The number of carbonyl (C=O) groups excluding carboxylic acids is 1. The Balaban J connectivity index is 1.66. The van der Waals surface area contributed by atoms with Crippen molar-refractivity contribution in [3.63, 3.8) is 0 Å². The van der Waals surface area contributed by atoms with Crippen LogP contribution in [0.15, 0.2) is 39.8 Å². The highest BCUT2D eigenvalue weighted by molar-refractivity contribution is 9.10. The van der Waals surface area contributed by atoms with Crippen molar-refractivity contribution in [3.8, 4) is 11.5 Å². The van der Waals surface area contributed by atoms with Gasteiger partial charge in [-0.15, -0.1) is 11.3 Å². The number of carbonyl (C=O) groups is 2. The summed E-state index contributed by atoms with van der Waals surface area (Å²) in [6.07, 6.45) is 2.74. The SMILES string of the molecule is COc1cc2c3c(c1Br)O[C@@H]1C=C(NCC(=O)O)C[C@@H](C)[C@]31C[C@@H](CO)N(C(=O)c1cccs1)C2. The Hall–Kier alpha value is -2.56. The van der Waals surface area contributed by atoms with Gasteiger partial charge in [-0.25, -0.2) is 0 Å². The predicted octanol–water partition coefficient (Wildman–Crippen LogP) is 3.52. The first-order chi connectivity index (χ1) is 16.8. The van der Waals surface area contributed by atoms with Crippen LogP contribution < -0.4 is 14.8 Å². The molecule has 1 aliphatic carbocycles. The van der Waals surface area contributed by atoms with Crippen LogP contribution in [-0.4, -0.2) is 59.4 Å². The van der Waals surface area contributed by atoms with Crippen molar-refractivity contribution < 1.29 is 29.3 Å². The Morgan fingerprint density at radius 2 is 2.23 bits per heavy atom. The molecule has 3 heterocycles. The van der Waals surface area contributed by atoms with E-state index in [1.807, 2.05) is 23.6 Å². The molecule has 3 N–H and O–H groups in total. The van der Waals surface area contributed by atoms with Crippen molar-refractivity contribution in [2.75, 3.05) is 20.3 Å². The number of aliphatic hydroxyl groups is 1. The van der Waals surface area contributed by atoms with Gasteiger partial charge in [0.05, 0.1) is 24.6 Å². The molecule has 0 radical (unpaired) electrons. The standard InChI is InChI=1S/C25H27BrN2O6S/c1-13-6-15(27-10-20(30)31)8-19-25(13)9-16(12-29)28(24(32)18-4-3-5-35-18)11-14-7-17(33-2)22(26)23(34-19)21(14)25/h3-5,7-8,13,16,19,27,29H,6,9-12H2,1-2H3,(H,30,31)/t13-,16+,19-,25+/m1/s1. The van der Waals surface area contributed by atoms with Crippen LogP contribution in [0, 0.1) is 5.92 Å². The molecule has 2 aromatic rings. The second kappa shape index (κ2) is 9.15. The summed E-state index contributed by atoms with van der Waals surface area (Å²) in [7, 11) is 1.59. The highest BCUT2D eigenvalue weighted by Gasteiger charge is 2.58. The van der Waals surface area contributed by atoms with Crippen LogP contribution in [-0.2, 0) is 16.8 Å². The lowest BCUT2D eigenvalue weighted by Crippen LogP contribution is -2.51. The summed E-state index contributed by atoms with van der Waals surface area (Å²) in [5, 5.41) is 24.5. The van der Waals surface area contributed by atoms with E-state index in [0.717, 1.165) is 16.8 Å². The fourth-order valence-electron chi connectivity index (χ4n) is 5.90. The van der Waals surface area contributed by atoms with Gasteiger partial charge in [0.2, 0.25) is 0 Å². The Labute approximate surface area is 215 Å². The lowest BCUT2D eigenvalue weighted by atomic mass is 9.60. The lowest BCUT2D eigenvalue weighted by Gasteiger charge is -2.44. The molecule has 0 unspecified atom stereocenters. The monoisotopic (exact) mass is 562 g/mol. The van der Waals surface area contributed by atoms with E-state index >= 15 is 0 Å².